The van der Waals surface area contributed by atoms with E-state index < -0.39 is 0 Å². The lowest BCUT2D eigenvalue weighted by atomic mass is 9.57. The normalized spacial score (nSPS) is 30.4. The monoisotopic (exact) mass is 295 g/mol. The molecule has 0 aromatic carbocycles. The van der Waals surface area contributed by atoms with Crippen LogP contribution in [0.1, 0.15) is 30.8 Å². The van der Waals surface area contributed by atoms with Crippen molar-refractivity contribution in [3.8, 4) is 0 Å². The number of fused-ring (bicyclic) bond motifs is 1. The van der Waals surface area contributed by atoms with E-state index in [1.807, 2.05) is 6.92 Å². The summed E-state index contributed by atoms with van der Waals surface area (Å²) < 4.78 is 5.74. The highest BCUT2D eigenvalue weighted by Crippen LogP contribution is 2.52. The van der Waals surface area contributed by atoms with Crippen LogP contribution in [0.3, 0.4) is 0 Å². The number of thiazole rings is 1. The second kappa shape index (κ2) is 5.00. The Bertz CT molecular complexity index is 514. The van der Waals surface area contributed by atoms with Crippen LogP contribution < -0.4 is 10.6 Å². The topological polar surface area (TPSA) is 63.2 Å². The molecule has 1 aliphatic heterocycles. The summed E-state index contributed by atoms with van der Waals surface area (Å²) in [5.41, 5.74) is 2.82. The van der Waals surface area contributed by atoms with Crippen LogP contribution in [0.2, 0.25) is 0 Å². The van der Waals surface area contributed by atoms with Gasteiger partial charge in [-0.2, -0.15) is 0 Å². The summed E-state index contributed by atoms with van der Waals surface area (Å²) in [6.45, 7) is 7.65. The Kier molecular flexibility index (Phi) is 3.46. The minimum Gasteiger partial charge on any atom is -0.377 e. The van der Waals surface area contributed by atoms with E-state index in [4.69, 9.17) is 4.74 Å². The Morgan fingerprint density at radius 3 is 3.10 bits per heavy atom. The summed E-state index contributed by atoms with van der Waals surface area (Å²) >= 11 is 1.57. The van der Waals surface area contributed by atoms with Crippen LogP contribution in [-0.2, 0) is 11.3 Å². The van der Waals surface area contributed by atoms with Crippen LogP contribution in [0, 0.1) is 18.3 Å². The molecule has 1 aromatic rings. The van der Waals surface area contributed by atoms with Crippen LogP contribution in [0.15, 0.2) is 5.51 Å². The number of ether oxygens (including phenoxy) is 1. The molecule has 1 saturated carbocycles. The first-order valence-electron chi connectivity index (χ1n) is 7.05. The zero-order valence-corrected chi connectivity index (χ0v) is 12.9. The van der Waals surface area contributed by atoms with Gasteiger partial charge in [0.15, 0.2) is 0 Å². The SMILES string of the molecule is Cc1ncsc1CNC(=O)N[C@@H]1[C@@H]2CCO[C@@H]2C1(C)C. The van der Waals surface area contributed by atoms with Gasteiger partial charge in [-0.25, -0.2) is 9.78 Å². The van der Waals surface area contributed by atoms with Gasteiger partial charge in [0.1, 0.15) is 0 Å². The predicted octanol–water partition coefficient (Wildman–Crippen LogP) is 2.06. The minimum atomic E-state index is -0.0961. The number of carbonyl (C=O) groups is 1. The molecule has 3 atom stereocenters. The summed E-state index contributed by atoms with van der Waals surface area (Å²) in [4.78, 5) is 17.3. The van der Waals surface area contributed by atoms with Crippen LogP contribution in [0.25, 0.3) is 0 Å². The molecule has 2 amide bonds. The number of nitrogens with zero attached hydrogens (tertiary/aromatic N) is 1. The molecule has 20 heavy (non-hydrogen) atoms. The number of carbonyl (C=O) groups excluding carboxylic acids is 1. The van der Waals surface area contributed by atoms with Gasteiger partial charge in [0.25, 0.3) is 0 Å². The average molecular weight is 295 g/mol. The number of aromatic nitrogens is 1. The van der Waals surface area contributed by atoms with E-state index in [1.54, 1.807) is 16.8 Å². The largest absolute Gasteiger partial charge is 0.377 e. The van der Waals surface area contributed by atoms with E-state index in [1.165, 1.54) is 0 Å². The number of rotatable bonds is 3. The van der Waals surface area contributed by atoms with Crippen molar-refractivity contribution in [2.24, 2.45) is 11.3 Å². The van der Waals surface area contributed by atoms with E-state index in [2.05, 4.69) is 29.5 Å². The Hall–Kier alpha value is -1.14. The third kappa shape index (κ3) is 2.20. The Morgan fingerprint density at radius 2 is 2.40 bits per heavy atom. The first-order chi connectivity index (χ1) is 9.50. The summed E-state index contributed by atoms with van der Waals surface area (Å²) in [5, 5.41) is 6.04. The summed E-state index contributed by atoms with van der Waals surface area (Å²) in [5.74, 6) is 0.473. The summed E-state index contributed by atoms with van der Waals surface area (Å²) in [6.07, 6.45) is 1.35. The fourth-order valence-corrected chi connectivity index (χ4v) is 4.18. The highest BCUT2D eigenvalue weighted by atomic mass is 32.1. The molecule has 0 radical (unpaired) electrons. The van der Waals surface area contributed by atoms with Crippen molar-refractivity contribution >= 4 is 17.4 Å². The van der Waals surface area contributed by atoms with Gasteiger partial charge in [0, 0.05) is 28.9 Å². The summed E-state index contributed by atoms with van der Waals surface area (Å²) in [6, 6.07) is 0.110. The van der Waals surface area contributed by atoms with Crippen molar-refractivity contribution < 1.29 is 9.53 Å². The molecule has 2 aliphatic rings. The maximum Gasteiger partial charge on any atom is 0.315 e. The maximum absolute atomic E-state index is 12.1. The third-order valence-corrected chi connectivity index (χ3v) is 5.58. The van der Waals surface area contributed by atoms with Gasteiger partial charge < -0.3 is 15.4 Å². The number of aryl methyl sites for hydroxylation is 1. The predicted molar refractivity (Wildman–Crippen MR) is 77.6 cm³/mol. The first kappa shape index (κ1) is 13.8. The van der Waals surface area contributed by atoms with Crippen molar-refractivity contribution in [3.05, 3.63) is 16.1 Å². The standard InChI is InChI=1S/C14H21N3O2S/c1-8-10(20-7-16-8)6-15-13(18)17-11-9-4-5-19-12(9)14(11,2)3/h7,9,11-12H,4-6H2,1-3H3,(H2,15,17,18)/t9-,11+,12-/m0/s1. The number of nitrogens with one attached hydrogen (secondary N) is 2. The molecule has 2 heterocycles. The van der Waals surface area contributed by atoms with Crippen LogP contribution in [-0.4, -0.2) is 29.8 Å². The minimum absolute atomic E-state index is 0.0267. The number of urea groups is 1. The van der Waals surface area contributed by atoms with E-state index in [-0.39, 0.29) is 17.5 Å². The second-order valence-electron chi connectivity index (χ2n) is 6.23. The van der Waals surface area contributed by atoms with Crippen molar-refractivity contribution in [1.29, 1.82) is 0 Å². The molecule has 2 fully saturated rings. The van der Waals surface area contributed by atoms with Crippen LogP contribution >= 0.6 is 11.3 Å². The van der Waals surface area contributed by atoms with Gasteiger partial charge in [-0.15, -0.1) is 11.3 Å². The van der Waals surface area contributed by atoms with Crippen molar-refractivity contribution in [2.75, 3.05) is 6.61 Å². The first-order valence-corrected chi connectivity index (χ1v) is 7.93. The van der Waals surface area contributed by atoms with Gasteiger partial charge in [0.05, 0.1) is 23.9 Å². The van der Waals surface area contributed by atoms with Crippen LogP contribution in [0.5, 0.6) is 0 Å². The van der Waals surface area contributed by atoms with E-state index in [0.29, 0.717) is 18.6 Å². The lowest BCUT2D eigenvalue weighted by Gasteiger charge is -2.54. The van der Waals surface area contributed by atoms with Gasteiger partial charge >= 0.3 is 6.03 Å². The third-order valence-electron chi connectivity index (χ3n) is 4.64. The molecule has 1 aliphatic carbocycles. The fourth-order valence-electron chi connectivity index (χ4n) is 3.47. The average Bonchev–Trinajstić information content (AvgIpc) is 3.01. The molecule has 5 nitrogen and oxygen atoms in total. The molecular formula is C14H21N3O2S. The van der Waals surface area contributed by atoms with Crippen LogP contribution in [0.4, 0.5) is 4.79 Å². The fraction of sp³-hybridized carbons (Fsp3) is 0.714. The lowest BCUT2D eigenvalue weighted by Crippen LogP contribution is -2.67. The second-order valence-corrected chi connectivity index (χ2v) is 7.17. The van der Waals surface area contributed by atoms with Crippen molar-refractivity contribution in [2.45, 2.75) is 45.9 Å². The number of hydrogen-bond donors (Lipinski definition) is 2. The van der Waals surface area contributed by atoms with Gasteiger partial charge in [0.2, 0.25) is 0 Å². The molecule has 0 bridgehead atoms. The highest BCUT2D eigenvalue weighted by molar-refractivity contribution is 7.09. The number of amides is 2. The quantitative estimate of drug-likeness (QED) is 0.897. The van der Waals surface area contributed by atoms with E-state index in [0.717, 1.165) is 23.6 Å². The molecule has 0 unspecified atom stereocenters. The lowest BCUT2D eigenvalue weighted by molar-refractivity contribution is -0.108. The molecule has 1 aromatic heterocycles. The van der Waals surface area contributed by atoms with Gasteiger partial charge in [-0.1, -0.05) is 13.8 Å². The van der Waals surface area contributed by atoms with Gasteiger partial charge in [-0.3, -0.25) is 0 Å². The number of hydrogen-bond acceptors (Lipinski definition) is 4. The zero-order chi connectivity index (χ0) is 14.3. The molecule has 110 valence electrons. The smallest absolute Gasteiger partial charge is 0.315 e. The highest BCUT2D eigenvalue weighted by Gasteiger charge is 2.59. The van der Waals surface area contributed by atoms with E-state index in [9.17, 15) is 4.79 Å². The molecule has 1 saturated heterocycles. The Labute approximate surface area is 123 Å². The molecule has 0 spiro atoms. The maximum atomic E-state index is 12.1. The Balaban J connectivity index is 1.53. The summed E-state index contributed by atoms with van der Waals surface area (Å²) in [7, 11) is 0. The zero-order valence-electron chi connectivity index (χ0n) is 12.1. The molecule has 3 rings (SSSR count). The van der Waals surface area contributed by atoms with Gasteiger partial charge in [-0.05, 0) is 13.3 Å². The van der Waals surface area contributed by atoms with Crippen molar-refractivity contribution in [3.63, 3.8) is 0 Å². The van der Waals surface area contributed by atoms with Crippen molar-refractivity contribution in [1.82, 2.24) is 15.6 Å². The molecular weight excluding hydrogens is 274 g/mol. The van der Waals surface area contributed by atoms with E-state index >= 15 is 0 Å². The molecule has 2 N–H and O–H groups in total. The Morgan fingerprint density at radius 1 is 1.60 bits per heavy atom. The molecule has 6 heteroatoms.